The van der Waals surface area contributed by atoms with Gasteiger partial charge in [0.25, 0.3) is 0 Å². The van der Waals surface area contributed by atoms with Crippen LogP contribution in [0.25, 0.3) is 0 Å². The van der Waals surface area contributed by atoms with E-state index in [1.165, 1.54) is 38.5 Å². The second-order valence-electron chi connectivity index (χ2n) is 4.54. The van der Waals surface area contributed by atoms with Crippen molar-refractivity contribution in [3.63, 3.8) is 0 Å². The van der Waals surface area contributed by atoms with Gasteiger partial charge in [-0.15, -0.1) is 0 Å². The van der Waals surface area contributed by atoms with Gasteiger partial charge in [0.05, 0.1) is 19.3 Å². The standard InChI is InChI=1S/C13H28O3/c1-3-4-5-6-7-8-9-12(2)16-11-13(15)10-14/h12-15H,3-11H2,1-2H3. The van der Waals surface area contributed by atoms with E-state index in [4.69, 9.17) is 14.9 Å². The molecule has 0 aliphatic heterocycles. The number of unbranched alkanes of at least 4 members (excludes halogenated alkanes) is 5. The van der Waals surface area contributed by atoms with Crippen molar-refractivity contribution in [2.75, 3.05) is 13.2 Å². The fourth-order valence-corrected chi connectivity index (χ4v) is 1.62. The second-order valence-corrected chi connectivity index (χ2v) is 4.54. The summed E-state index contributed by atoms with van der Waals surface area (Å²) in [6.45, 7) is 4.27. The third-order valence-electron chi connectivity index (χ3n) is 2.75. The quantitative estimate of drug-likeness (QED) is 0.538. The lowest BCUT2D eigenvalue weighted by Crippen LogP contribution is -2.22. The van der Waals surface area contributed by atoms with Gasteiger partial charge >= 0.3 is 0 Å². The van der Waals surface area contributed by atoms with Gasteiger partial charge in [0, 0.05) is 0 Å². The molecule has 0 aliphatic rings. The van der Waals surface area contributed by atoms with Gasteiger partial charge in [-0.05, 0) is 13.3 Å². The average Bonchev–Trinajstić information content (AvgIpc) is 2.30. The van der Waals surface area contributed by atoms with Crippen LogP contribution >= 0.6 is 0 Å². The number of aliphatic hydroxyl groups is 2. The fraction of sp³-hybridized carbons (Fsp3) is 1.00. The van der Waals surface area contributed by atoms with Gasteiger partial charge in [-0.2, -0.15) is 0 Å². The zero-order valence-electron chi connectivity index (χ0n) is 10.8. The van der Waals surface area contributed by atoms with E-state index in [2.05, 4.69) is 6.92 Å². The van der Waals surface area contributed by atoms with Crippen molar-refractivity contribution in [2.45, 2.75) is 71.0 Å². The Morgan fingerprint density at radius 3 is 2.31 bits per heavy atom. The van der Waals surface area contributed by atoms with Gasteiger partial charge in [-0.3, -0.25) is 0 Å². The van der Waals surface area contributed by atoms with Crippen molar-refractivity contribution >= 4 is 0 Å². The average molecular weight is 232 g/mol. The Kier molecular flexibility index (Phi) is 11.3. The molecule has 0 fully saturated rings. The maximum Gasteiger partial charge on any atom is 0.100 e. The number of hydrogen-bond acceptors (Lipinski definition) is 3. The molecular weight excluding hydrogens is 204 g/mol. The molecule has 0 amide bonds. The molecule has 0 spiro atoms. The summed E-state index contributed by atoms with van der Waals surface area (Å²) in [5.74, 6) is 0. The first-order valence-corrected chi connectivity index (χ1v) is 6.61. The highest BCUT2D eigenvalue weighted by Gasteiger charge is 2.06. The number of aliphatic hydroxyl groups excluding tert-OH is 2. The van der Waals surface area contributed by atoms with E-state index in [-0.39, 0.29) is 19.3 Å². The van der Waals surface area contributed by atoms with Crippen LogP contribution in [-0.4, -0.2) is 35.6 Å². The van der Waals surface area contributed by atoms with E-state index in [9.17, 15) is 0 Å². The fourth-order valence-electron chi connectivity index (χ4n) is 1.62. The lowest BCUT2D eigenvalue weighted by molar-refractivity contribution is -0.0254. The Bertz CT molecular complexity index is 139. The summed E-state index contributed by atoms with van der Waals surface area (Å²) in [4.78, 5) is 0. The SMILES string of the molecule is CCCCCCCCC(C)OCC(O)CO. The van der Waals surface area contributed by atoms with Crippen LogP contribution in [-0.2, 0) is 4.74 Å². The van der Waals surface area contributed by atoms with Crippen molar-refractivity contribution in [3.05, 3.63) is 0 Å². The summed E-state index contributed by atoms with van der Waals surface area (Å²) in [5, 5.41) is 17.7. The lowest BCUT2D eigenvalue weighted by atomic mass is 10.1. The van der Waals surface area contributed by atoms with Crippen molar-refractivity contribution in [1.82, 2.24) is 0 Å². The van der Waals surface area contributed by atoms with Gasteiger partial charge in [0.2, 0.25) is 0 Å². The van der Waals surface area contributed by atoms with Crippen LogP contribution in [0.1, 0.15) is 58.8 Å². The summed E-state index contributed by atoms with van der Waals surface area (Å²) in [6, 6.07) is 0. The minimum atomic E-state index is -0.730. The van der Waals surface area contributed by atoms with Gasteiger partial charge in [0.1, 0.15) is 6.10 Å². The minimum Gasteiger partial charge on any atom is -0.394 e. The molecule has 0 heterocycles. The first-order chi connectivity index (χ1) is 7.70. The molecule has 0 aliphatic carbocycles. The van der Waals surface area contributed by atoms with Crippen molar-refractivity contribution in [3.8, 4) is 0 Å². The molecule has 0 bridgehead atoms. The van der Waals surface area contributed by atoms with E-state index in [0.717, 1.165) is 6.42 Å². The van der Waals surface area contributed by atoms with Crippen molar-refractivity contribution in [1.29, 1.82) is 0 Å². The smallest absolute Gasteiger partial charge is 0.100 e. The number of hydrogen-bond donors (Lipinski definition) is 2. The van der Waals surface area contributed by atoms with E-state index in [1.54, 1.807) is 0 Å². The van der Waals surface area contributed by atoms with Crippen LogP contribution in [0.5, 0.6) is 0 Å². The van der Waals surface area contributed by atoms with Crippen LogP contribution in [0.4, 0.5) is 0 Å². The van der Waals surface area contributed by atoms with Crippen molar-refractivity contribution < 1.29 is 14.9 Å². The highest BCUT2D eigenvalue weighted by Crippen LogP contribution is 2.10. The Hall–Kier alpha value is -0.120. The monoisotopic (exact) mass is 232 g/mol. The summed E-state index contributed by atoms with van der Waals surface area (Å²) >= 11 is 0. The highest BCUT2D eigenvalue weighted by atomic mass is 16.5. The molecule has 0 aromatic rings. The summed E-state index contributed by atoms with van der Waals surface area (Å²) in [7, 11) is 0. The van der Waals surface area contributed by atoms with Crippen LogP contribution in [0.15, 0.2) is 0 Å². The van der Waals surface area contributed by atoms with Crippen LogP contribution in [0, 0.1) is 0 Å². The molecule has 0 rings (SSSR count). The Morgan fingerprint density at radius 2 is 1.69 bits per heavy atom. The largest absolute Gasteiger partial charge is 0.394 e. The van der Waals surface area contributed by atoms with Crippen LogP contribution < -0.4 is 0 Å². The third kappa shape index (κ3) is 10.4. The highest BCUT2D eigenvalue weighted by molar-refractivity contribution is 4.55. The molecule has 16 heavy (non-hydrogen) atoms. The zero-order chi connectivity index (χ0) is 12.2. The molecule has 3 nitrogen and oxygen atoms in total. The topological polar surface area (TPSA) is 49.7 Å². The number of ether oxygens (including phenoxy) is 1. The molecule has 3 heteroatoms. The Labute approximate surface area is 99.8 Å². The van der Waals surface area contributed by atoms with Gasteiger partial charge in [-0.1, -0.05) is 45.4 Å². The minimum absolute atomic E-state index is 0.187. The molecule has 0 aromatic heterocycles. The normalized spacial score (nSPS) is 15.0. The van der Waals surface area contributed by atoms with Gasteiger partial charge in [0.15, 0.2) is 0 Å². The molecular formula is C13H28O3. The first kappa shape index (κ1) is 15.9. The van der Waals surface area contributed by atoms with Gasteiger partial charge in [-0.25, -0.2) is 0 Å². The molecule has 2 atom stereocenters. The van der Waals surface area contributed by atoms with Crippen LogP contribution in [0.3, 0.4) is 0 Å². The van der Waals surface area contributed by atoms with Crippen molar-refractivity contribution in [2.24, 2.45) is 0 Å². The van der Waals surface area contributed by atoms with E-state index < -0.39 is 6.10 Å². The summed E-state index contributed by atoms with van der Waals surface area (Å²) < 4.78 is 5.41. The zero-order valence-corrected chi connectivity index (χ0v) is 10.8. The van der Waals surface area contributed by atoms with Gasteiger partial charge < -0.3 is 14.9 Å². The lowest BCUT2D eigenvalue weighted by Gasteiger charge is -2.15. The Morgan fingerprint density at radius 1 is 1.06 bits per heavy atom. The second kappa shape index (κ2) is 11.4. The molecule has 0 saturated heterocycles. The predicted molar refractivity (Wildman–Crippen MR) is 66.5 cm³/mol. The molecule has 0 aromatic carbocycles. The first-order valence-electron chi connectivity index (χ1n) is 6.61. The third-order valence-corrected chi connectivity index (χ3v) is 2.75. The maximum absolute atomic E-state index is 9.10. The molecule has 98 valence electrons. The van der Waals surface area contributed by atoms with E-state index in [1.807, 2.05) is 6.92 Å². The molecule has 0 saturated carbocycles. The Balaban J connectivity index is 3.20. The predicted octanol–water partition coefficient (Wildman–Crippen LogP) is 2.50. The van der Waals surface area contributed by atoms with E-state index >= 15 is 0 Å². The molecule has 0 radical (unpaired) electrons. The summed E-state index contributed by atoms with van der Waals surface area (Å²) in [5.41, 5.74) is 0. The van der Waals surface area contributed by atoms with E-state index in [0.29, 0.717) is 0 Å². The maximum atomic E-state index is 9.10. The van der Waals surface area contributed by atoms with Crippen LogP contribution in [0.2, 0.25) is 0 Å². The molecule has 2 unspecified atom stereocenters. The summed E-state index contributed by atoms with van der Waals surface area (Å²) in [6.07, 6.45) is 8.27. The number of rotatable bonds is 11. The molecule has 2 N–H and O–H groups in total.